The summed E-state index contributed by atoms with van der Waals surface area (Å²) >= 11 is 4.78. The topological polar surface area (TPSA) is 62.1 Å². The summed E-state index contributed by atoms with van der Waals surface area (Å²) in [4.78, 5) is 20.7. The first-order valence-electron chi connectivity index (χ1n) is 5.69. The smallest absolute Gasteiger partial charge is 0.232 e. The maximum atomic E-state index is 11.9. The molecule has 0 spiro atoms. The number of thioether (sulfide) groups is 1. The molecule has 0 atom stereocenters. The number of furan rings is 1. The van der Waals surface area contributed by atoms with Gasteiger partial charge in [-0.1, -0.05) is 0 Å². The molecule has 19 heavy (non-hydrogen) atoms. The number of hydrogen-bond acceptors (Lipinski definition) is 4. The van der Waals surface area contributed by atoms with Crippen molar-refractivity contribution in [3.05, 3.63) is 40.8 Å². The summed E-state index contributed by atoms with van der Waals surface area (Å²) in [5, 5.41) is 0. The van der Waals surface area contributed by atoms with Crippen LogP contribution in [-0.4, -0.2) is 33.6 Å². The third-order valence-electron chi connectivity index (χ3n) is 2.47. The van der Waals surface area contributed by atoms with Gasteiger partial charge in [0.2, 0.25) is 5.91 Å². The van der Waals surface area contributed by atoms with Gasteiger partial charge < -0.3 is 14.3 Å². The van der Waals surface area contributed by atoms with E-state index < -0.39 is 0 Å². The number of carbonyl (C=O) groups excluding carboxylic acids is 1. The summed E-state index contributed by atoms with van der Waals surface area (Å²) in [5.41, 5.74) is 0. The van der Waals surface area contributed by atoms with Crippen molar-refractivity contribution in [2.45, 2.75) is 12.3 Å². The highest BCUT2D eigenvalue weighted by atomic mass is 79.9. The second-order valence-corrected chi connectivity index (χ2v) is 5.75. The maximum absolute atomic E-state index is 11.9. The van der Waals surface area contributed by atoms with Crippen molar-refractivity contribution < 1.29 is 9.21 Å². The predicted molar refractivity (Wildman–Crippen MR) is 77.6 cm³/mol. The van der Waals surface area contributed by atoms with Crippen LogP contribution in [-0.2, 0) is 17.1 Å². The number of amides is 1. The molecular weight excluding hydrogens is 330 g/mol. The van der Waals surface area contributed by atoms with E-state index in [1.807, 2.05) is 12.1 Å². The normalized spacial score (nSPS) is 10.6. The van der Waals surface area contributed by atoms with Crippen molar-refractivity contribution in [3.8, 4) is 0 Å². The lowest BCUT2D eigenvalue weighted by atomic mass is 10.4. The minimum atomic E-state index is 0.0732. The van der Waals surface area contributed by atoms with Gasteiger partial charge in [0.05, 0.1) is 18.1 Å². The zero-order valence-corrected chi connectivity index (χ0v) is 12.8. The van der Waals surface area contributed by atoms with Gasteiger partial charge in [-0.25, -0.2) is 4.98 Å². The van der Waals surface area contributed by atoms with Crippen molar-refractivity contribution in [1.82, 2.24) is 14.9 Å². The van der Waals surface area contributed by atoms with Crippen LogP contribution >= 0.6 is 27.7 Å². The quantitative estimate of drug-likeness (QED) is 0.875. The summed E-state index contributed by atoms with van der Waals surface area (Å²) in [6.45, 7) is 0.478. The van der Waals surface area contributed by atoms with E-state index >= 15 is 0 Å². The summed E-state index contributed by atoms with van der Waals surface area (Å²) in [6, 6.07) is 3.67. The molecular formula is C12H14BrN3O2S. The lowest BCUT2D eigenvalue weighted by Crippen LogP contribution is -2.27. The number of halogens is 1. The fourth-order valence-corrected chi connectivity index (χ4v) is 2.67. The third-order valence-corrected chi connectivity index (χ3v) is 3.82. The van der Waals surface area contributed by atoms with Crippen LogP contribution in [0, 0.1) is 0 Å². The van der Waals surface area contributed by atoms with Crippen molar-refractivity contribution in [2.24, 2.45) is 0 Å². The van der Waals surface area contributed by atoms with Gasteiger partial charge in [-0.15, -0.1) is 11.8 Å². The van der Waals surface area contributed by atoms with Crippen LogP contribution in [0.5, 0.6) is 0 Å². The molecule has 0 saturated heterocycles. The number of H-pyrrole nitrogens is 1. The van der Waals surface area contributed by atoms with Crippen LogP contribution in [0.1, 0.15) is 11.6 Å². The Labute approximate surface area is 123 Å². The fourth-order valence-electron chi connectivity index (χ4n) is 1.48. The van der Waals surface area contributed by atoms with E-state index in [-0.39, 0.29) is 5.91 Å². The lowest BCUT2D eigenvalue weighted by Gasteiger charge is -2.15. The van der Waals surface area contributed by atoms with E-state index in [2.05, 4.69) is 25.9 Å². The highest BCUT2D eigenvalue weighted by molar-refractivity contribution is 9.10. The Bertz CT molecular complexity index is 527. The Kier molecular flexibility index (Phi) is 5.09. The van der Waals surface area contributed by atoms with Gasteiger partial charge in [-0.2, -0.15) is 0 Å². The number of aromatic nitrogens is 2. The van der Waals surface area contributed by atoms with Gasteiger partial charge in [-0.05, 0) is 28.1 Å². The molecule has 0 saturated carbocycles. The Morgan fingerprint density at radius 1 is 1.58 bits per heavy atom. The summed E-state index contributed by atoms with van der Waals surface area (Å²) in [5.74, 6) is 2.86. The second-order valence-electron chi connectivity index (χ2n) is 3.98. The highest BCUT2D eigenvalue weighted by Crippen LogP contribution is 2.16. The van der Waals surface area contributed by atoms with E-state index in [4.69, 9.17) is 4.42 Å². The Morgan fingerprint density at radius 2 is 2.42 bits per heavy atom. The number of rotatable bonds is 6. The SMILES string of the molecule is CN(Cc1ccc(Br)o1)C(=O)CSCc1ncc[nH]1. The second kappa shape index (κ2) is 6.81. The van der Waals surface area contributed by atoms with Crippen LogP contribution in [0.3, 0.4) is 0 Å². The molecule has 0 aromatic carbocycles. The molecule has 7 heteroatoms. The van der Waals surface area contributed by atoms with E-state index in [0.717, 1.165) is 11.6 Å². The van der Waals surface area contributed by atoms with E-state index in [0.29, 0.717) is 22.7 Å². The average molecular weight is 344 g/mol. The van der Waals surface area contributed by atoms with Gasteiger partial charge in [0.1, 0.15) is 11.6 Å². The first kappa shape index (κ1) is 14.2. The zero-order chi connectivity index (χ0) is 13.7. The van der Waals surface area contributed by atoms with E-state index in [9.17, 15) is 4.79 Å². The summed E-state index contributed by atoms with van der Waals surface area (Å²) in [7, 11) is 1.77. The van der Waals surface area contributed by atoms with Gasteiger partial charge in [-0.3, -0.25) is 4.79 Å². The van der Waals surface area contributed by atoms with Crippen LogP contribution < -0.4 is 0 Å². The molecule has 102 valence electrons. The molecule has 1 amide bonds. The molecule has 2 heterocycles. The van der Waals surface area contributed by atoms with Crippen LogP contribution in [0.2, 0.25) is 0 Å². The number of nitrogens with one attached hydrogen (secondary N) is 1. The first-order chi connectivity index (χ1) is 9.15. The van der Waals surface area contributed by atoms with Gasteiger partial charge >= 0.3 is 0 Å². The lowest BCUT2D eigenvalue weighted by molar-refractivity contribution is -0.127. The number of carbonyl (C=O) groups is 1. The number of nitrogens with zero attached hydrogens (tertiary/aromatic N) is 2. The molecule has 0 radical (unpaired) electrons. The molecule has 5 nitrogen and oxygen atoms in total. The molecule has 2 rings (SSSR count). The molecule has 1 N–H and O–H groups in total. The Hall–Kier alpha value is -1.21. The highest BCUT2D eigenvalue weighted by Gasteiger charge is 2.11. The first-order valence-corrected chi connectivity index (χ1v) is 7.64. The van der Waals surface area contributed by atoms with E-state index in [1.54, 1.807) is 24.3 Å². The third kappa shape index (κ3) is 4.43. The molecule has 2 aromatic rings. The number of hydrogen-bond donors (Lipinski definition) is 1. The zero-order valence-electron chi connectivity index (χ0n) is 10.4. The fraction of sp³-hybridized carbons (Fsp3) is 0.333. The molecule has 2 aromatic heterocycles. The van der Waals surface area contributed by atoms with Crippen LogP contribution in [0.25, 0.3) is 0 Å². The van der Waals surface area contributed by atoms with Gasteiger partial charge in [0, 0.05) is 19.4 Å². The number of aromatic amines is 1. The van der Waals surface area contributed by atoms with Crippen LogP contribution in [0.4, 0.5) is 0 Å². The van der Waals surface area contributed by atoms with Gasteiger partial charge in [0.25, 0.3) is 0 Å². The van der Waals surface area contributed by atoms with E-state index in [1.165, 1.54) is 11.8 Å². The monoisotopic (exact) mass is 343 g/mol. The molecule has 0 aliphatic rings. The molecule has 0 aliphatic heterocycles. The predicted octanol–water partition coefficient (Wildman–Crippen LogP) is 2.66. The largest absolute Gasteiger partial charge is 0.452 e. The minimum Gasteiger partial charge on any atom is -0.452 e. The van der Waals surface area contributed by atoms with Gasteiger partial charge in [0.15, 0.2) is 4.67 Å². The van der Waals surface area contributed by atoms with Crippen molar-refractivity contribution in [3.63, 3.8) is 0 Å². The Balaban J connectivity index is 1.73. The van der Waals surface area contributed by atoms with Crippen molar-refractivity contribution in [1.29, 1.82) is 0 Å². The van der Waals surface area contributed by atoms with Crippen LogP contribution in [0.15, 0.2) is 33.6 Å². The maximum Gasteiger partial charge on any atom is 0.232 e. The van der Waals surface area contributed by atoms with Crippen molar-refractivity contribution in [2.75, 3.05) is 12.8 Å². The van der Waals surface area contributed by atoms with Crippen molar-refractivity contribution >= 4 is 33.6 Å². The molecule has 0 fully saturated rings. The minimum absolute atomic E-state index is 0.0732. The standard InChI is InChI=1S/C12H14BrN3O2S/c1-16(6-9-2-3-10(13)18-9)12(17)8-19-7-11-14-4-5-15-11/h2-5H,6-8H2,1H3,(H,14,15). The Morgan fingerprint density at radius 3 is 3.05 bits per heavy atom. The summed E-state index contributed by atoms with van der Waals surface area (Å²) < 4.78 is 6.05. The number of imidazole rings is 1. The summed E-state index contributed by atoms with van der Waals surface area (Å²) in [6.07, 6.45) is 3.48. The average Bonchev–Trinajstić information content (AvgIpc) is 3.01. The molecule has 0 bridgehead atoms. The molecule has 0 unspecified atom stereocenters. The molecule has 0 aliphatic carbocycles.